The molecule has 1 saturated heterocycles. The molecule has 94 valence electrons. The van der Waals surface area contributed by atoms with Crippen molar-refractivity contribution in [2.24, 2.45) is 0 Å². The summed E-state index contributed by atoms with van der Waals surface area (Å²) in [6, 6.07) is 1.84. The number of rotatable bonds is 4. The summed E-state index contributed by atoms with van der Waals surface area (Å²) in [6.07, 6.45) is 3.26. The summed E-state index contributed by atoms with van der Waals surface area (Å²) in [5.41, 5.74) is 5.82. The Morgan fingerprint density at radius 1 is 1.53 bits per heavy atom. The molecule has 1 aromatic rings. The molecule has 0 spiro atoms. The fourth-order valence-electron chi connectivity index (χ4n) is 2.13. The van der Waals surface area contributed by atoms with Gasteiger partial charge in [-0.25, -0.2) is 9.97 Å². The molecule has 2 N–H and O–H groups in total. The van der Waals surface area contributed by atoms with E-state index in [0.29, 0.717) is 11.9 Å². The number of hydrogen-bond acceptors (Lipinski definition) is 5. The molecule has 2 rings (SSSR count). The van der Waals surface area contributed by atoms with Crippen LogP contribution in [0.5, 0.6) is 0 Å². The molecular weight excluding hydrogens is 216 g/mol. The summed E-state index contributed by atoms with van der Waals surface area (Å²) in [4.78, 5) is 11.0. The Kier molecular flexibility index (Phi) is 3.78. The minimum atomic E-state index is 0.306. The zero-order chi connectivity index (χ0) is 12.3. The highest BCUT2D eigenvalue weighted by atomic mass is 16.5. The standard InChI is InChI=1S/C12H20N4O/c1-3-4-11-14-10(13)7-12(15-11)16-6-5-9(8-16)17-2/h7,9H,3-6,8H2,1-2H3,(H2,13,14,15). The molecule has 1 aliphatic rings. The van der Waals surface area contributed by atoms with Crippen molar-refractivity contribution in [2.45, 2.75) is 32.3 Å². The van der Waals surface area contributed by atoms with Crippen molar-refractivity contribution < 1.29 is 4.74 Å². The van der Waals surface area contributed by atoms with Crippen LogP contribution in [0.4, 0.5) is 11.6 Å². The lowest BCUT2D eigenvalue weighted by atomic mass is 10.3. The summed E-state index contributed by atoms with van der Waals surface area (Å²) >= 11 is 0. The first-order valence-corrected chi connectivity index (χ1v) is 6.14. The van der Waals surface area contributed by atoms with E-state index in [1.54, 1.807) is 7.11 Å². The number of hydrogen-bond donors (Lipinski definition) is 1. The van der Waals surface area contributed by atoms with Crippen molar-refractivity contribution in [1.82, 2.24) is 9.97 Å². The van der Waals surface area contributed by atoms with Gasteiger partial charge in [0.15, 0.2) is 0 Å². The maximum Gasteiger partial charge on any atom is 0.134 e. The minimum Gasteiger partial charge on any atom is -0.384 e. The van der Waals surface area contributed by atoms with Crippen LogP contribution in [0, 0.1) is 0 Å². The number of methoxy groups -OCH3 is 1. The SMILES string of the molecule is CCCc1nc(N)cc(N2CCC(OC)C2)n1. The predicted molar refractivity (Wildman–Crippen MR) is 68.1 cm³/mol. The van der Waals surface area contributed by atoms with Crippen molar-refractivity contribution in [3.8, 4) is 0 Å². The third-order valence-electron chi connectivity index (χ3n) is 3.05. The molecular formula is C12H20N4O. The second-order valence-electron chi connectivity index (χ2n) is 4.41. The lowest BCUT2D eigenvalue weighted by Gasteiger charge is -2.18. The van der Waals surface area contributed by atoms with E-state index < -0.39 is 0 Å². The Morgan fingerprint density at radius 3 is 3.00 bits per heavy atom. The molecule has 5 nitrogen and oxygen atoms in total. The molecule has 0 bridgehead atoms. The maximum absolute atomic E-state index is 5.82. The van der Waals surface area contributed by atoms with Gasteiger partial charge < -0.3 is 15.4 Å². The molecule has 1 aliphatic heterocycles. The number of nitrogens with two attached hydrogens (primary N) is 1. The number of aryl methyl sites for hydroxylation is 1. The Hall–Kier alpha value is -1.36. The van der Waals surface area contributed by atoms with Gasteiger partial charge in [-0.1, -0.05) is 6.92 Å². The monoisotopic (exact) mass is 236 g/mol. The number of aromatic nitrogens is 2. The van der Waals surface area contributed by atoms with Crippen molar-refractivity contribution in [3.63, 3.8) is 0 Å². The van der Waals surface area contributed by atoms with Gasteiger partial charge in [-0.2, -0.15) is 0 Å². The topological polar surface area (TPSA) is 64.3 Å². The van der Waals surface area contributed by atoms with Crippen LogP contribution in [0.3, 0.4) is 0 Å². The Morgan fingerprint density at radius 2 is 2.35 bits per heavy atom. The van der Waals surface area contributed by atoms with E-state index in [4.69, 9.17) is 10.5 Å². The third-order valence-corrected chi connectivity index (χ3v) is 3.05. The van der Waals surface area contributed by atoms with Gasteiger partial charge in [0.25, 0.3) is 0 Å². The van der Waals surface area contributed by atoms with E-state index in [9.17, 15) is 0 Å². The molecule has 0 aromatic carbocycles. The molecule has 1 atom stereocenters. The first-order valence-electron chi connectivity index (χ1n) is 6.14. The van der Waals surface area contributed by atoms with Gasteiger partial charge in [-0.15, -0.1) is 0 Å². The second kappa shape index (κ2) is 5.31. The first kappa shape index (κ1) is 12.1. The van der Waals surface area contributed by atoms with E-state index in [1.807, 2.05) is 6.07 Å². The van der Waals surface area contributed by atoms with Crippen LogP contribution in [-0.2, 0) is 11.2 Å². The van der Waals surface area contributed by atoms with Crippen LogP contribution in [0.25, 0.3) is 0 Å². The van der Waals surface area contributed by atoms with E-state index in [0.717, 1.165) is 44.0 Å². The number of nitrogens with zero attached hydrogens (tertiary/aromatic N) is 3. The minimum absolute atomic E-state index is 0.306. The number of ether oxygens (including phenoxy) is 1. The highest BCUT2D eigenvalue weighted by Crippen LogP contribution is 2.21. The predicted octanol–water partition coefficient (Wildman–Crippen LogP) is 1.24. The second-order valence-corrected chi connectivity index (χ2v) is 4.41. The largest absolute Gasteiger partial charge is 0.384 e. The molecule has 1 aromatic heterocycles. The quantitative estimate of drug-likeness (QED) is 0.852. The summed E-state index contributed by atoms with van der Waals surface area (Å²) < 4.78 is 5.35. The molecule has 0 amide bonds. The average Bonchev–Trinajstić information content (AvgIpc) is 2.77. The molecule has 2 heterocycles. The molecule has 17 heavy (non-hydrogen) atoms. The summed E-state index contributed by atoms with van der Waals surface area (Å²) in [5.74, 6) is 2.32. The Bertz CT molecular complexity index is 383. The smallest absolute Gasteiger partial charge is 0.134 e. The van der Waals surface area contributed by atoms with Crippen LogP contribution < -0.4 is 10.6 Å². The molecule has 0 saturated carbocycles. The molecule has 1 unspecified atom stereocenters. The van der Waals surface area contributed by atoms with Gasteiger partial charge >= 0.3 is 0 Å². The molecule has 5 heteroatoms. The van der Waals surface area contributed by atoms with E-state index >= 15 is 0 Å². The lowest BCUT2D eigenvalue weighted by molar-refractivity contribution is 0.121. The Labute approximate surface area is 102 Å². The van der Waals surface area contributed by atoms with Crippen LogP contribution >= 0.6 is 0 Å². The van der Waals surface area contributed by atoms with Crippen molar-refractivity contribution >= 4 is 11.6 Å². The highest BCUT2D eigenvalue weighted by Gasteiger charge is 2.23. The highest BCUT2D eigenvalue weighted by molar-refractivity contribution is 5.47. The fourth-order valence-corrected chi connectivity index (χ4v) is 2.13. The van der Waals surface area contributed by atoms with Crippen LogP contribution in [0.15, 0.2) is 6.07 Å². The van der Waals surface area contributed by atoms with Crippen molar-refractivity contribution in [3.05, 3.63) is 11.9 Å². The maximum atomic E-state index is 5.82. The van der Waals surface area contributed by atoms with Gasteiger partial charge in [-0.05, 0) is 12.8 Å². The van der Waals surface area contributed by atoms with E-state index in [2.05, 4.69) is 21.8 Å². The van der Waals surface area contributed by atoms with Crippen molar-refractivity contribution in [1.29, 1.82) is 0 Å². The summed E-state index contributed by atoms with van der Waals surface area (Å²) in [5, 5.41) is 0. The van der Waals surface area contributed by atoms with Gasteiger partial charge in [0.05, 0.1) is 6.10 Å². The lowest BCUT2D eigenvalue weighted by Crippen LogP contribution is -2.24. The third kappa shape index (κ3) is 2.85. The summed E-state index contributed by atoms with van der Waals surface area (Å²) in [7, 11) is 1.75. The van der Waals surface area contributed by atoms with E-state index in [-0.39, 0.29) is 0 Å². The molecule has 0 aliphatic carbocycles. The number of nitrogen functional groups attached to an aromatic ring is 1. The van der Waals surface area contributed by atoms with Gasteiger partial charge in [-0.3, -0.25) is 0 Å². The zero-order valence-electron chi connectivity index (χ0n) is 10.5. The van der Waals surface area contributed by atoms with Gasteiger partial charge in [0, 0.05) is 32.7 Å². The Balaban J connectivity index is 2.15. The molecule has 1 fully saturated rings. The zero-order valence-corrected chi connectivity index (χ0v) is 10.5. The van der Waals surface area contributed by atoms with Crippen LogP contribution in [-0.4, -0.2) is 36.3 Å². The average molecular weight is 236 g/mol. The number of anilines is 2. The van der Waals surface area contributed by atoms with E-state index in [1.165, 1.54) is 0 Å². The van der Waals surface area contributed by atoms with Gasteiger partial charge in [0.2, 0.25) is 0 Å². The first-order chi connectivity index (χ1) is 8.22. The molecule has 0 radical (unpaired) electrons. The fraction of sp³-hybridized carbons (Fsp3) is 0.667. The summed E-state index contributed by atoms with van der Waals surface area (Å²) in [6.45, 7) is 3.97. The van der Waals surface area contributed by atoms with Gasteiger partial charge in [0.1, 0.15) is 17.5 Å². The normalized spacial score (nSPS) is 19.9. The van der Waals surface area contributed by atoms with Crippen LogP contribution in [0.2, 0.25) is 0 Å². The van der Waals surface area contributed by atoms with Crippen LogP contribution in [0.1, 0.15) is 25.6 Å². The van der Waals surface area contributed by atoms with Crippen molar-refractivity contribution in [2.75, 3.05) is 30.8 Å².